The SMILES string of the molecule is CC(CN)CC(=O)Oc1c(C(C)C)cccc1C(C)C. The number of carbonyl (C=O) groups excluding carboxylic acids is 1. The molecule has 1 rings (SSSR count). The van der Waals surface area contributed by atoms with Gasteiger partial charge in [0.25, 0.3) is 0 Å². The van der Waals surface area contributed by atoms with Gasteiger partial charge in [-0.05, 0) is 35.4 Å². The fourth-order valence-corrected chi connectivity index (χ4v) is 2.12. The van der Waals surface area contributed by atoms with Crippen LogP contribution in [0.5, 0.6) is 5.75 Å². The molecule has 3 heteroatoms. The van der Waals surface area contributed by atoms with Gasteiger partial charge in [0, 0.05) is 6.42 Å². The molecule has 20 heavy (non-hydrogen) atoms. The van der Waals surface area contributed by atoms with E-state index in [9.17, 15) is 4.79 Å². The van der Waals surface area contributed by atoms with E-state index in [2.05, 4.69) is 27.7 Å². The predicted molar refractivity (Wildman–Crippen MR) is 83.1 cm³/mol. The molecule has 0 aliphatic heterocycles. The molecule has 0 radical (unpaired) electrons. The molecule has 0 amide bonds. The highest BCUT2D eigenvalue weighted by molar-refractivity contribution is 5.73. The number of esters is 1. The molecule has 1 atom stereocenters. The van der Waals surface area contributed by atoms with Crippen LogP contribution < -0.4 is 10.5 Å². The molecule has 1 aromatic rings. The summed E-state index contributed by atoms with van der Waals surface area (Å²) >= 11 is 0. The lowest BCUT2D eigenvalue weighted by molar-refractivity contribution is -0.135. The van der Waals surface area contributed by atoms with Gasteiger partial charge >= 0.3 is 5.97 Å². The van der Waals surface area contributed by atoms with Crippen molar-refractivity contribution in [1.82, 2.24) is 0 Å². The lowest BCUT2D eigenvalue weighted by Gasteiger charge is -2.19. The molecular formula is C17H27NO2. The quantitative estimate of drug-likeness (QED) is 0.635. The van der Waals surface area contributed by atoms with Crippen LogP contribution >= 0.6 is 0 Å². The highest BCUT2D eigenvalue weighted by atomic mass is 16.5. The normalized spacial score (nSPS) is 12.8. The van der Waals surface area contributed by atoms with Crippen molar-refractivity contribution in [1.29, 1.82) is 0 Å². The van der Waals surface area contributed by atoms with E-state index >= 15 is 0 Å². The third-order valence-electron chi connectivity index (χ3n) is 3.45. The zero-order valence-corrected chi connectivity index (χ0v) is 13.3. The molecule has 1 unspecified atom stereocenters. The van der Waals surface area contributed by atoms with Crippen LogP contribution in [0, 0.1) is 5.92 Å². The molecule has 1 aromatic carbocycles. The first-order valence-corrected chi connectivity index (χ1v) is 7.40. The Morgan fingerprint density at radius 1 is 1.10 bits per heavy atom. The van der Waals surface area contributed by atoms with Crippen molar-refractivity contribution < 1.29 is 9.53 Å². The van der Waals surface area contributed by atoms with E-state index in [0.29, 0.717) is 24.8 Å². The first-order valence-electron chi connectivity index (χ1n) is 7.40. The summed E-state index contributed by atoms with van der Waals surface area (Å²) in [5.74, 6) is 1.34. The van der Waals surface area contributed by atoms with Crippen LogP contribution in [0.4, 0.5) is 0 Å². The summed E-state index contributed by atoms with van der Waals surface area (Å²) in [6.45, 7) is 10.9. The Kier molecular flexibility index (Phi) is 6.21. The van der Waals surface area contributed by atoms with E-state index < -0.39 is 0 Å². The van der Waals surface area contributed by atoms with Crippen LogP contribution in [-0.4, -0.2) is 12.5 Å². The second kappa shape index (κ2) is 7.44. The van der Waals surface area contributed by atoms with Crippen molar-refractivity contribution >= 4 is 5.97 Å². The van der Waals surface area contributed by atoms with Crippen molar-refractivity contribution in [2.45, 2.75) is 52.9 Å². The number of hydrogen-bond acceptors (Lipinski definition) is 3. The smallest absolute Gasteiger partial charge is 0.311 e. The van der Waals surface area contributed by atoms with Gasteiger partial charge in [0.15, 0.2) is 0 Å². The minimum absolute atomic E-state index is 0.149. The summed E-state index contributed by atoms with van der Waals surface area (Å²) in [4.78, 5) is 12.1. The topological polar surface area (TPSA) is 52.3 Å². The maximum Gasteiger partial charge on any atom is 0.311 e. The summed E-state index contributed by atoms with van der Waals surface area (Å²) in [6, 6.07) is 6.10. The number of benzene rings is 1. The van der Waals surface area contributed by atoms with Gasteiger partial charge in [-0.2, -0.15) is 0 Å². The minimum atomic E-state index is -0.196. The van der Waals surface area contributed by atoms with Crippen molar-refractivity contribution in [3.8, 4) is 5.75 Å². The second-order valence-electron chi connectivity index (χ2n) is 6.09. The first kappa shape index (κ1) is 16.7. The minimum Gasteiger partial charge on any atom is -0.426 e. The largest absolute Gasteiger partial charge is 0.426 e. The highest BCUT2D eigenvalue weighted by Crippen LogP contribution is 2.34. The summed E-state index contributed by atoms with van der Waals surface area (Å²) < 4.78 is 5.68. The third-order valence-corrected chi connectivity index (χ3v) is 3.45. The number of hydrogen-bond donors (Lipinski definition) is 1. The maximum absolute atomic E-state index is 12.1. The Balaban J connectivity index is 3.04. The number of ether oxygens (including phenoxy) is 1. The van der Waals surface area contributed by atoms with Crippen LogP contribution in [-0.2, 0) is 4.79 Å². The van der Waals surface area contributed by atoms with Crippen LogP contribution in [0.2, 0.25) is 0 Å². The molecule has 0 aliphatic carbocycles. The lowest BCUT2D eigenvalue weighted by Crippen LogP contribution is -2.19. The summed E-state index contributed by atoms with van der Waals surface area (Å²) in [6.07, 6.45) is 0.362. The highest BCUT2D eigenvalue weighted by Gasteiger charge is 2.18. The van der Waals surface area contributed by atoms with E-state index in [1.807, 2.05) is 25.1 Å². The van der Waals surface area contributed by atoms with E-state index in [-0.39, 0.29) is 11.9 Å². The molecule has 112 valence electrons. The fourth-order valence-electron chi connectivity index (χ4n) is 2.12. The van der Waals surface area contributed by atoms with Gasteiger partial charge in [-0.15, -0.1) is 0 Å². The molecule has 0 heterocycles. The van der Waals surface area contributed by atoms with Gasteiger partial charge in [0.05, 0.1) is 0 Å². The number of nitrogens with two attached hydrogens (primary N) is 1. The van der Waals surface area contributed by atoms with Gasteiger partial charge < -0.3 is 10.5 Å². The van der Waals surface area contributed by atoms with E-state index in [4.69, 9.17) is 10.5 Å². The van der Waals surface area contributed by atoms with Gasteiger partial charge in [-0.3, -0.25) is 4.79 Å². The second-order valence-corrected chi connectivity index (χ2v) is 6.09. The Hall–Kier alpha value is -1.35. The zero-order chi connectivity index (χ0) is 15.3. The molecule has 0 aliphatic rings. The number of rotatable bonds is 6. The van der Waals surface area contributed by atoms with Crippen LogP contribution in [0.1, 0.15) is 64.0 Å². The van der Waals surface area contributed by atoms with Gasteiger partial charge in [0.1, 0.15) is 5.75 Å². The zero-order valence-electron chi connectivity index (χ0n) is 13.3. The maximum atomic E-state index is 12.1. The third kappa shape index (κ3) is 4.34. The Morgan fingerprint density at radius 3 is 2.00 bits per heavy atom. The number of carbonyl (C=O) groups is 1. The molecule has 0 spiro atoms. The standard InChI is InChI=1S/C17H27NO2/c1-11(2)14-7-6-8-15(12(3)4)17(14)20-16(19)9-13(5)10-18/h6-8,11-13H,9-10,18H2,1-5H3. The van der Waals surface area contributed by atoms with Gasteiger partial charge in [0.2, 0.25) is 0 Å². The molecule has 0 saturated carbocycles. The summed E-state index contributed by atoms with van der Waals surface area (Å²) in [7, 11) is 0. The van der Waals surface area contributed by atoms with Gasteiger partial charge in [-0.25, -0.2) is 0 Å². The predicted octanol–water partition coefficient (Wildman–Crippen LogP) is 3.82. The Morgan fingerprint density at radius 2 is 1.60 bits per heavy atom. The first-order chi connectivity index (χ1) is 9.36. The summed E-state index contributed by atoms with van der Waals surface area (Å²) in [5.41, 5.74) is 7.74. The number of para-hydroxylation sites is 1. The van der Waals surface area contributed by atoms with Crippen molar-refractivity contribution in [2.24, 2.45) is 11.7 Å². The molecule has 2 N–H and O–H groups in total. The van der Waals surface area contributed by atoms with Crippen LogP contribution in [0.25, 0.3) is 0 Å². The molecular weight excluding hydrogens is 250 g/mol. The molecule has 0 aromatic heterocycles. The fraction of sp³-hybridized carbons (Fsp3) is 0.588. The molecule has 0 bridgehead atoms. The van der Waals surface area contributed by atoms with Crippen LogP contribution in [0.15, 0.2) is 18.2 Å². The Labute approximate surface area is 122 Å². The van der Waals surface area contributed by atoms with E-state index in [1.165, 1.54) is 0 Å². The van der Waals surface area contributed by atoms with Gasteiger partial charge in [-0.1, -0.05) is 52.8 Å². The Bertz CT molecular complexity index is 426. The lowest BCUT2D eigenvalue weighted by atomic mass is 9.94. The van der Waals surface area contributed by atoms with Crippen molar-refractivity contribution in [3.63, 3.8) is 0 Å². The van der Waals surface area contributed by atoms with Crippen molar-refractivity contribution in [2.75, 3.05) is 6.54 Å². The van der Waals surface area contributed by atoms with Crippen molar-refractivity contribution in [3.05, 3.63) is 29.3 Å². The average molecular weight is 277 g/mol. The van der Waals surface area contributed by atoms with E-state index in [1.54, 1.807) is 0 Å². The van der Waals surface area contributed by atoms with E-state index in [0.717, 1.165) is 16.9 Å². The van der Waals surface area contributed by atoms with Crippen LogP contribution in [0.3, 0.4) is 0 Å². The molecule has 3 nitrogen and oxygen atoms in total. The molecule has 0 fully saturated rings. The monoisotopic (exact) mass is 277 g/mol. The summed E-state index contributed by atoms with van der Waals surface area (Å²) in [5, 5.41) is 0. The average Bonchev–Trinajstić information content (AvgIpc) is 2.37. The molecule has 0 saturated heterocycles.